The highest BCUT2D eigenvalue weighted by atomic mass is 16.1. The van der Waals surface area contributed by atoms with Crippen molar-refractivity contribution in [3.63, 3.8) is 0 Å². The molecule has 114 valence electrons. The first-order chi connectivity index (χ1) is 9.26. The molecule has 0 aliphatic heterocycles. The Balaban J connectivity index is 3.64. The Hall–Kier alpha value is -0.530. The molecule has 0 fully saturated rings. The van der Waals surface area contributed by atoms with E-state index in [1.165, 1.54) is 64.2 Å². The van der Waals surface area contributed by atoms with Crippen molar-refractivity contribution in [2.75, 3.05) is 7.05 Å². The Morgan fingerprint density at radius 3 is 1.74 bits per heavy atom. The van der Waals surface area contributed by atoms with Gasteiger partial charge in [-0.25, -0.2) is 0 Å². The second-order valence-electron chi connectivity index (χ2n) is 5.72. The second kappa shape index (κ2) is 13.9. The molecule has 1 amide bonds. The summed E-state index contributed by atoms with van der Waals surface area (Å²) in [6.07, 6.45) is 15.1. The number of nitrogens with one attached hydrogen (secondary N) is 1. The van der Waals surface area contributed by atoms with Gasteiger partial charge in [0.2, 0.25) is 5.91 Å². The molecule has 0 bridgehead atoms. The Morgan fingerprint density at radius 2 is 1.21 bits per heavy atom. The Labute approximate surface area is 120 Å². The third kappa shape index (κ3) is 11.0. The van der Waals surface area contributed by atoms with Crippen LogP contribution in [0, 0.1) is 5.92 Å². The van der Waals surface area contributed by atoms with Gasteiger partial charge in [0.25, 0.3) is 0 Å². The molecule has 0 aromatic carbocycles. The summed E-state index contributed by atoms with van der Waals surface area (Å²) in [5.41, 5.74) is 0. The van der Waals surface area contributed by atoms with E-state index in [0.29, 0.717) is 0 Å². The van der Waals surface area contributed by atoms with E-state index in [0.717, 1.165) is 12.8 Å². The molecule has 2 heteroatoms. The molecular weight excluding hydrogens is 234 g/mol. The van der Waals surface area contributed by atoms with Crippen molar-refractivity contribution in [2.45, 2.75) is 90.9 Å². The van der Waals surface area contributed by atoms with Crippen molar-refractivity contribution in [3.8, 4) is 0 Å². The standard InChI is InChI=1S/C17H35NO/c1-4-6-8-9-10-11-13-15-16(17(19)18-3)14-12-7-5-2/h16H,4-15H2,1-3H3,(H,18,19)/t16-/m1/s1. The van der Waals surface area contributed by atoms with Crippen molar-refractivity contribution in [3.05, 3.63) is 0 Å². The van der Waals surface area contributed by atoms with E-state index in [1.54, 1.807) is 7.05 Å². The number of rotatable bonds is 13. The van der Waals surface area contributed by atoms with Crippen LogP contribution in [0.5, 0.6) is 0 Å². The van der Waals surface area contributed by atoms with Crippen molar-refractivity contribution in [1.82, 2.24) is 5.32 Å². The number of hydrogen-bond acceptors (Lipinski definition) is 1. The van der Waals surface area contributed by atoms with E-state index in [1.807, 2.05) is 0 Å². The zero-order valence-corrected chi connectivity index (χ0v) is 13.5. The van der Waals surface area contributed by atoms with Crippen LogP contribution in [0.25, 0.3) is 0 Å². The van der Waals surface area contributed by atoms with Gasteiger partial charge in [-0.15, -0.1) is 0 Å². The van der Waals surface area contributed by atoms with E-state index in [2.05, 4.69) is 19.2 Å². The van der Waals surface area contributed by atoms with E-state index < -0.39 is 0 Å². The Bertz CT molecular complexity index is 203. The van der Waals surface area contributed by atoms with Crippen molar-refractivity contribution >= 4 is 5.91 Å². The molecule has 19 heavy (non-hydrogen) atoms. The lowest BCUT2D eigenvalue weighted by Crippen LogP contribution is -2.27. The van der Waals surface area contributed by atoms with Gasteiger partial charge in [0.05, 0.1) is 0 Å². The quantitative estimate of drug-likeness (QED) is 0.465. The molecule has 0 aliphatic carbocycles. The van der Waals surface area contributed by atoms with Crippen LogP contribution in [-0.2, 0) is 4.79 Å². The van der Waals surface area contributed by atoms with Crippen LogP contribution in [-0.4, -0.2) is 13.0 Å². The monoisotopic (exact) mass is 269 g/mol. The average molecular weight is 269 g/mol. The molecule has 0 saturated carbocycles. The summed E-state index contributed by atoms with van der Waals surface area (Å²) in [6.45, 7) is 4.47. The van der Waals surface area contributed by atoms with Crippen LogP contribution in [0.1, 0.15) is 90.9 Å². The molecule has 2 nitrogen and oxygen atoms in total. The minimum atomic E-state index is 0.252. The van der Waals surface area contributed by atoms with Gasteiger partial charge >= 0.3 is 0 Å². The van der Waals surface area contributed by atoms with Crippen LogP contribution in [0.2, 0.25) is 0 Å². The molecule has 0 aromatic rings. The zero-order valence-electron chi connectivity index (χ0n) is 13.5. The van der Waals surface area contributed by atoms with Crippen molar-refractivity contribution in [1.29, 1.82) is 0 Å². The van der Waals surface area contributed by atoms with Gasteiger partial charge in [-0.1, -0.05) is 78.1 Å². The average Bonchev–Trinajstić information content (AvgIpc) is 2.43. The zero-order chi connectivity index (χ0) is 14.3. The van der Waals surface area contributed by atoms with Crippen molar-refractivity contribution < 1.29 is 4.79 Å². The molecule has 0 spiro atoms. The molecule has 1 N–H and O–H groups in total. The van der Waals surface area contributed by atoms with Crippen LogP contribution >= 0.6 is 0 Å². The highest BCUT2D eigenvalue weighted by Crippen LogP contribution is 2.18. The van der Waals surface area contributed by atoms with Crippen LogP contribution in [0.4, 0.5) is 0 Å². The summed E-state index contributed by atoms with van der Waals surface area (Å²) in [4.78, 5) is 11.8. The highest BCUT2D eigenvalue weighted by Gasteiger charge is 2.15. The lowest BCUT2D eigenvalue weighted by Gasteiger charge is -2.15. The molecule has 0 radical (unpaired) electrons. The fourth-order valence-corrected chi connectivity index (χ4v) is 2.60. The molecule has 1 atom stereocenters. The number of carbonyl (C=O) groups is 1. The molecule has 0 aromatic heterocycles. The van der Waals surface area contributed by atoms with E-state index in [4.69, 9.17) is 0 Å². The molecule has 0 rings (SSSR count). The summed E-state index contributed by atoms with van der Waals surface area (Å²) in [5, 5.41) is 2.82. The number of carbonyl (C=O) groups excluding carboxylic acids is 1. The molecule has 0 heterocycles. The minimum Gasteiger partial charge on any atom is -0.359 e. The Morgan fingerprint density at radius 1 is 0.789 bits per heavy atom. The lowest BCUT2D eigenvalue weighted by atomic mass is 9.94. The fourth-order valence-electron chi connectivity index (χ4n) is 2.60. The van der Waals surface area contributed by atoms with Gasteiger partial charge in [0.1, 0.15) is 0 Å². The minimum absolute atomic E-state index is 0.252. The van der Waals surface area contributed by atoms with Gasteiger partial charge in [0.15, 0.2) is 0 Å². The predicted octanol–water partition coefficient (Wildman–Crippen LogP) is 5.07. The van der Waals surface area contributed by atoms with E-state index in [9.17, 15) is 4.79 Å². The topological polar surface area (TPSA) is 29.1 Å². The number of hydrogen-bond donors (Lipinski definition) is 1. The third-order valence-electron chi connectivity index (χ3n) is 3.93. The maximum absolute atomic E-state index is 11.8. The van der Waals surface area contributed by atoms with Gasteiger partial charge in [0, 0.05) is 13.0 Å². The summed E-state index contributed by atoms with van der Waals surface area (Å²) < 4.78 is 0. The van der Waals surface area contributed by atoms with Crippen molar-refractivity contribution in [2.24, 2.45) is 5.92 Å². The SMILES string of the molecule is CCCCCCCCC[C@@H](CCCCC)C(=O)NC. The second-order valence-corrected chi connectivity index (χ2v) is 5.72. The molecular formula is C17H35NO. The molecule has 0 unspecified atom stereocenters. The van der Waals surface area contributed by atoms with Crippen LogP contribution in [0.15, 0.2) is 0 Å². The fraction of sp³-hybridized carbons (Fsp3) is 0.941. The normalized spacial score (nSPS) is 12.4. The van der Waals surface area contributed by atoms with E-state index >= 15 is 0 Å². The summed E-state index contributed by atoms with van der Waals surface area (Å²) in [5.74, 6) is 0.509. The largest absolute Gasteiger partial charge is 0.359 e. The first-order valence-corrected chi connectivity index (χ1v) is 8.47. The first kappa shape index (κ1) is 18.5. The van der Waals surface area contributed by atoms with Crippen LogP contribution < -0.4 is 5.32 Å². The van der Waals surface area contributed by atoms with Gasteiger partial charge in [-0.3, -0.25) is 4.79 Å². The van der Waals surface area contributed by atoms with Gasteiger partial charge < -0.3 is 5.32 Å². The maximum atomic E-state index is 11.8. The Kier molecular flexibility index (Phi) is 13.5. The van der Waals surface area contributed by atoms with Crippen LogP contribution in [0.3, 0.4) is 0 Å². The van der Waals surface area contributed by atoms with E-state index in [-0.39, 0.29) is 11.8 Å². The smallest absolute Gasteiger partial charge is 0.222 e. The van der Waals surface area contributed by atoms with Gasteiger partial charge in [-0.2, -0.15) is 0 Å². The van der Waals surface area contributed by atoms with Gasteiger partial charge in [-0.05, 0) is 12.8 Å². The summed E-state index contributed by atoms with van der Waals surface area (Å²) in [6, 6.07) is 0. The number of unbranched alkanes of at least 4 members (excludes halogenated alkanes) is 8. The number of amides is 1. The molecule has 0 saturated heterocycles. The molecule has 0 aliphatic rings. The lowest BCUT2D eigenvalue weighted by molar-refractivity contribution is -0.125. The summed E-state index contributed by atoms with van der Waals surface area (Å²) >= 11 is 0. The summed E-state index contributed by atoms with van der Waals surface area (Å²) in [7, 11) is 1.76. The maximum Gasteiger partial charge on any atom is 0.222 e. The first-order valence-electron chi connectivity index (χ1n) is 8.47. The predicted molar refractivity (Wildman–Crippen MR) is 84.3 cm³/mol. The highest BCUT2D eigenvalue weighted by molar-refractivity contribution is 5.78. The third-order valence-corrected chi connectivity index (χ3v) is 3.93.